The first-order chi connectivity index (χ1) is 63.6. The van der Waals surface area contributed by atoms with E-state index in [2.05, 4.69) is 125 Å². The minimum absolute atomic E-state index is 0.0120. The molecule has 24 rings (SSSR count). The molecule has 0 saturated carbocycles. The quantitative estimate of drug-likeness (QED) is 0.0817. The summed E-state index contributed by atoms with van der Waals surface area (Å²) in [7, 11) is 0. The van der Waals surface area contributed by atoms with Gasteiger partial charge in [-0.15, -0.1) is 0 Å². The molecule has 0 radical (unpaired) electrons. The van der Waals surface area contributed by atoms with E-state index in [-0.39, 0.29) is 45.3 Å². The van der Waals surface area contributed by atoms with E-state index in [1.807, 2.05) is 103 Å². The number of alkyl halides is 9. The number of hydrogen-bond acceptors (Lipinski definition) is 0. The Morgan fingerprint density at radius 2 is 0.879 bits per heavy atom. The Morgan fingerprint density at radius 1 is 0.411 bits per heavy atom. The van der Waals surface area contributed by atoms with E-state index in [0.29, 0.717) is 77.9 Å². The molecule has 0 bridgehead atoms. The maximum Gasteiger partial charge on any atom is 0.553 e. The average Bonchev–Trinajstić information content (AvgIpc) is 1.46. The molecule has 6 aromatic rings. The van der Waals surface area contributed by atoms with Crippen LogP contribution < -0.4 is 32.1 Å². The van der Waals surface area contributed by atoms with Crippen LogP contribution in [-0.4, -0.2) is 101 Å². The Labute approximate surface area is 735 Å². The monoisotopic (exact) mass is 1700 g/mol. The van der Waals surface area contributed by atoms with Gasteiger partial charge in [0.25, 0.3) is 0 Å². The molecule has 124 heavy (non-hydrogen) atoms. The van der Waals surface area contributed by atoms with Gasteiger partial charge in [-0.2, -0.15) is 66.9 Å². The van der Waals surface area contributed by atoms with Gasteiger partial charge in [-0.25, -0.2) is 0 Å². The normalized spacial score (nSPS) is 25.4. The van der Waals surface area contributed by atoms with Gasteiger partial charge in [-0.1, -0.05) is 144 Å². The van der Waals surface area contributed by atoms with Crippen molar-refractivity contribution in [2.24, 2.45) is 21.7 Å². The van der Waals surface area contributed by atoms with Crippen LogP contribution in [0.5, 0.6) is 0 Å². The molecule has 0 aromatic carbocycles. The maximum atomic E-state index is 14.9. The molecule has 0 saturated heterocycles. The van der Waals surface area contributed by atoms with Crippen LogP contribution in [0.25, 0.3) is 53.2 Å². The van der Waals surface area contributed by atoms with Gasteiger partial charge in [0.1, 0.15) is 0 Å². The van der Waals surface area contributed by atoms with Crippen LogP contribution in [0, 0.1) is 28.6 Å². The lowest BCUT2D eigenvalue weighted by atomic mass is 9.85. The molecular formula is C103H107F9N12+6. The first-order valence-electron chi connectivity index (χ1n) is 50.1. The lowest BCUT2D eigenvalue weighted by molar-refractivity contribution is -0.837. The van der Waals surface area contributed by atoms with Gasteiger partial charge in [0.05, 0.1) is 95.0 Å². The van der Waals surface area contributed by atoms with Crippen molar-refractivity contribution in [3.05, 3.63) is 258 Å². The van der Waals surface area contributed by atoms with Crippen LogP contribution in [0.3, 0.4) is 0 Å². The Bertz CT molecular complexity index is 8020. The Hall–Kier alpha value is -10.8. The molecule has 24 heterocycles. The lowest BCUT2D eigenvalue weighted by Gasteiger charge is -2.40. The molecule has 0 N–H and O–H groups in total. The van der Waals surface area contributed by atoms with Gasteiger partial charge in [0.15, 0.2) is 0 Å². The van der Waals surface area contributed by atoms with E-state index in [1.54, 1.807) is 54.9 Å². The third-order valence-corrected chi connectivity index (χ3v) is 27.1. The van der Waals surface area contributed by atoms with Gasteiger partial charge in [0, 0.05) is 131 Å². The average molecular weight is 1700 g/mol. The number of allylic oxidation sites excluding steroid dienone is 16. The minimum Gasteiger partial charge on any atom is -0.199 e. The van der Waals surface area contributed by atoms with Crippen molar-refractivity contribution in [1.82, 2.24) is 27.4 Å². The Balaban J connectivity index is 0.000000120. The van der Waals surface area contributed by atoms with Crippen molar-refractivity contribution in [1.29, 1.82) is 0 Å². The highest BCUT2D eigenvalue weighted by atomic mass is 19.4. The highest BCUT2D eigenvalue weighted by Gasteiger charge is 2.77. The first kappa shape index (κ1) is 64.9. The van der Waals surface area contributed by atoms with Gasteiger partial charge < -0.3 is 0 Å². The minimum atomic E-state index is -4.86. The van der Waals surface area contributed by atoms with E-state index in [1.165, 1.54) is 4.57 Å². The summed E-state index contributed by atoms with van der Waals surface area (Å²) in [6.45, 7) is 30.3. The Morgan fingerprint density at radius 3 is 1.38 bits per heavy atom. The number of hydrogen-bond donors (Lipinski definition) is 0. The summed E-state index contributed by atoms with van der Waals surface area (Å²) >= 11 is 0. The summed E-state index contributed by atoms with van der Waals surface area (Å²) < 4.78 is 279. The summed E-state index contributed by atoms with van der Waals surface area (Å²) in [5, 5.41) is 3.45. The van der Waals surface area contributed by atoms with Crippen molar-refractivity contribution in [2.45, 2.75) is 258 Å². The second kappa shape index (κ2) is 24.6. The number of aromatic nitrogens is 6. The molecule has 6 aromatic heterocycles. The standard InChI is InChI=1S/C41H49F3N4.C33H33F3N4.C29H25F3N4/c1-36(2,3)20-24-12-28-17-33-26(22-38(7,8)9)14-30-19-35-27(23-39(10,11)40(42,43)44)15-31-18-34-25(21-37(4,5)6)13-29-16-32(24)45(28)41(46(29)34,47(30)33)48(31)35;1-4-7-20-12-24-17-29-22(9-6-3)14-26-19-31-23(10-11-32(34,35)36)15-27-18-30-21(8-5-2)13-25-16-28(20)37(24)33(38(25)30,39(26)29)40(27)31;1-12-8-20-16(5)25-14(3)10-22-18(7)27-19(28(30,31)32)11-23-17(6)26-13(2)9-21-15(4)24(12)33(20)29(34(21)26,35(22)25)36(23)27/h12-19H,20-23H2,1-11H3;12-19H,4-11H2,1-3H3;8-11H,1-7H3/q3*+2/i22D2,23D2;9D2,10D2;5D3,7D3. The van der Waals surface area contributed by atoms with Crippen molar-refractivity contribution < 1.29 is 86.2 Å². The van der Waals surface area contributed by atoms with E-state index in [0.717, 1.165) is 159 Å². The molecule has 0 amide bonds. The largest absolute Gasteiger partial charge is 0.553 e. The van der Waals surface area contributed by atoms with Gasteiger partial charge in [-0.05, 0) is 198 Å². The summed E-state index contributed by atoms with van der Waals surface area (Å²) in [5.41, 5.74) is 15.3. The molecule has 0 fully saturated rings. The van der Waals surface area contributed by atoms with Gasteiger partial charge in [-0.3, -0.25) is 0 Å². The zero-order valence-electron chi connectivity index (χ0n) is 87.0. The van der Waals surface area contributed by atoms with Crippen LogP contribution in [0.1, 0.15) is 276 Å². The molecule has 636 valence electrons. The highest BCUT2D eigenvalue weighted by Crippen LogP contribution is 2.57. The number of nitrogens with zero attached hydrogens (tertiary/aromatic N) is 12. The number of halogens is 9. The van der Waals surface area contributed by atoms with E-state index in [4.69, 9.17) is 13.7 Å². The number of rotatable bonds is 13. The number of aryl methyl sites for hydroxylation is 3. The highest BCUT2D eigenvalue weighted by molar-refractivity contribution is 6.26. The Kier molecular flexibility index (Phi) is 12.9. The predicted molar refractivity (Wildman–Crippen MR) is 469 cm³/mol. The summed E-state index contributed by atoms with van der Waals surface area (Å²) in [5.74, 6) is -4.05. The maximum absolute atomic E-state index is 14.9. The van der Waals surface area contributed by atoms with Crippen LogP contribution in [0.4, 0.5) is 39.5 Å². The second-order valence-corrected chi connectivity index (χ2v) is 39.9. The summed E-state index contributed by atoms with van der Waals surface area (Å²) in [6, 6.07) is 9.95. The van der Waals surface area contributed by atoms with Crippen molar-refractivity contribution in [3.63, 3.8) is 0 Å². The van der Waals surface area contributed by atoms with Crippen LogP contribution in [0.15, 0.2) is 158 Å². The van der Waals surface area contributed by atoms with Gasteiger partial charge in [0.2, 0.25) is 68.5 Å². The molecule has 12 nitrogen and oxygen atoms in total. The molecule has 18 aliphatic heterocycles. The SMILES string of the molecule is [2H]C([2H])(CC)c1cc2n3c1C=C1C=C(CCC)C4=[N+]1C31n3c(cc(C([2H])([2H])CC(F)(F)F)c3=C2)=CC2=[N+]1C(=C4)C=C2CCC.[2H]C([2H])([2H])C1=C2C=C(C)C3=[N+]2C24n5c(cc(C(F)(F)F)c5C(C([2H])([2H])[2H])=C5C=C(C)C1=[N+]52)C(C)=c1c(C)cc(n14)=C3C.[2H]C([2H])(c1cc2n3c1C=C1C=C(CC(C)(C)C)C4=[N+]1C31n3c(cc(C([2H])([2H])C(C)(C)C(F)(F)F)c3=C2)=CC2=[N+]1C(=C4)C=C2CC(C)(C)C)C(C)(C)C. The predicted octanol–water partition coefficient (Wildman–Crippen LogP) is 17.7. The summed E-state index contributed by atoms with van der Waals surface area (Å²) in [4.78, 5) is 0. The second-order valence-electron chi connectivity index (χ2n) is 39.9. The van der Waals surface area contributed by atoms with Crippen LogP contribution in [0.2, 0.25) is 0 Å². The van der Waals surface area contributed by atoms with Crippen LogP contribution in [-0.2, 0) is 49.4 Å². The molecule has 3 spiro atoms. The van der Waals surface area contributed by atoms with Crippen LogP contribution >= 0.6 is 0 Å². The van der Waals surface area contributed by atoms with Gasteiger partial charge >= 0.3 is 36.3 Å². The smallest absolute Gasteiger partial charge is 0.199 e. The molecular weight excluding hydrogens is 1580 g/mol. The zero-order valence-corrected chi connectivity index (χ0v) is 73.0. The lowest BCUT2D eigenvalue weighted by Crippen LogP contribution is -2.71. The topological polar surface area (TPSA) is 47.6 Å². The van der Waals surface area contributed by atoms with Crippen molar-refractivity contribution >= 4 is 87.4 Å². The zero-order chi connectivity index (χ0) is 99.8. The van der Waals surface area contributed by atoms with E-state index < -0.39 is 110 Å². The fourth-order valence-corrected chi connectivity index (χ4v) is 23.0. The fraction of sp³-hybridized carbons (Fsp3) is 0.417. The summed E-state index contributed by atoms with van der Waals surface area (Å²) in [6.07, 6.45) is 8.43. The van der Waals surface area contributed by atoms with Crippen molar-refractivity contribution in [3.8, 4) is 0 Å². The molecule has 21 heteroatoms. The third-order valence-electron chi connectivity index (χ3n) is 27.1. The van der Waals surface area contributed by atoms with E-state index >= 15 is 0 Å². The fourth-order valence-electron chi connectivity index (χ4n) is 23.0. The molecule has 3 unspecified atom stereocenters. The molecule has 0 aliphatic carbocycles. The first-order valence-corrected chi connectivity index (χ1v) is 43.1. The third kappa shape index (κ3) is 10.0. The molecule has 18 aliphatic rings. The molecule has 3 atom stereocenters. The van der Waals surface area contributed by atoms with E-state index in [9.17, 15) is 45.0 Å². The van der Waals surface area contributed by atoms with Crippen molar-refractivity contribution in [2.75, 3.05) is 0 Å².